The van der Waals surface area contributed by atoms with Crippen molar-refractivity contribution in [3.63, 3.8) is 0 Å². The molecule has 2 nitrogen and oxygen atoms in total. The Morgan fingerprint density at radius 2 is 1.32 bits per heavy atom. The van der Waals surface area contributed by atoms with Crippen LogP contribution in [0.15, 0.2) is 79.1 Å². The summed E-state index contributed by atoms with van der Waals surface area (Å²) in [4.78, 5) is 8.86. The molecule has 1 radical (unpaired) electrons. The first-order valence-corrected chi connectivity index (χ1v) is 13.1. The van der Waals surface area contributed by atoms with Crippen molar-refractivity contribution < 1.29 is 20.1 Å². The zero-order chi connectivity index (χ0) is 25.4. The Bertz CT molecular complexity index is 1540. The van der Waals surface area contributed by atoms with Crippen molar-refractivity contribution in [1.29, 1.82) is 0 Å². The molecule has 0 saturated carbocycles. The maximum atomic E-state index is 4.50. The van der Waals surface area contributed by atoms with Crippen LogP contribution in [0.2, 0.25) is 0 Å². The third kappa shape index (κ3) is 5.27. The zero-order valence-corrected chi connectivity index (χ0v) is 24.5. The van der Waals surface area contributed by atoms with Crippen LogP contribution in [0.5, 0.6) is 0 Å². The van der Waals surface area contributed by atoms with Gasteiger partial charge in [-0.3, -0.25) is 0 Å². The monoisotopic (exact) mass is 671 g/mol. The molecule has 0 amide bonds. The van der Waals surface area contributed by atoms with Gasteiger partial charge >= 0.3 is 0 Å². The van der Waals surface area contributed by atoms with Gasteiger partial charge in [0, 0.05) is 32.5 Å². The topological polar surface area (TPSA) is 25.8 Å². The second kappa shape index (κ2) is 11.2. The average Bonchev–Trinajstić information content (AvgIpc) is 2.92. The third-order valence-electron chi connectivity index (χ3n) is 7.30. The number of nitrogens with zero attached hydrogens (tertiary/aromatic N) is 2. The van der Waals surface area contributed by atoms with Gasteiger partial charge in [0.05, 0.1) is 0 Å². The predicted octanol–water partition coefficient (Wildman–Crippen LogP) is 7.88. The van der Waals surface area contributed by atoms with Gasteiger partial charge in [0.25, 0.3) is 0 Å². The Balaban J connectivity index is 0.000000162. The Labute approximate surface area is 239 Å². The predicted molar refractivity (Wildman–Crippen MR) is 151 cm³/mol. The van der Waals surface area contributed by atoms with E-state index in [4.69, 9.17) is 0 Å². The standard InChI is InChI=1S/C21H16N.C14H14N.Ir/c1-2-11-22-19(6-1)18-12-16-9-7-14-4-3-5-15-8-10-17(13-18)21(16)20(14)15;1-10-4-5-15-14(9-10)13-7-11(2)6-12(3)8-13;/h1-6,11-12H,7-10H2;4-7,9H,1-3H3;/q2*-1;. The van der Waals surface area contributed by atoms with Crippen molar-refractivity contribution in [3.05, 3.63) is 130 Å². The molecule has 3 heteroatoms. The normalized spacial score (nSPS) is 12.5. The van der Waals surface area contributed by atoms with Gasteiger partial charge in [-0.15, -0.1) is 63.7 Å². The molecule has 2 heterocycles. The number of pyridine rings is 2. The summed E-state index contributed by atoms with van der Waals surface area (Å²) in [5, 5.41) is 0. The number of hydrogen-bond acceptors (Lipinski definition) is 2. The number of aromatic nitrogens is 2. The molecule has 0 aliphatic heterocycles. The molecule has 38 heavy (non-hydrogen) atoms. The first-order valence-electron chi connectivity index (χ1n) is 13.1. The molecule has 0 saturated heterocycles. The fourth-order valence-electron chi connectivity index (χ4n) is 5.69. The van der Waals surface area contributed by atoms with Crippen LogP contribution in [0.25, 0.3) is 33.6 Å². The number of hydrogen-bond donors (Lipinski definition) is 0. The number of aryl methyl sites for hydroxylation is 7. The molecule has 2 aromatic heterocycles. The van der Waals surface area contributed by atoms with Gasteiger partial charge in [0.15, 0.2) is 0 Å². The first-order chi connectivity index (χ1) is 18.0. The van der Waals surface area contributed by atoms with E-state index in [0.29, 0.717) is 0 Å². The van der Waals surface area contributed by atoms with Crippen molar-refractivity contribution in [2.45, 2.75) is 46.5 Å². The van der Waals surface area contributed by atoms with Crippen LogP contribution < -0.4 is 0 Å². The van der Waals surface area contributed by atoms with E-state index in [2.05, 4.69) is 97.5 Å². The molecule has 191 valence electrons. The molecule has 0 spiro atoms. The van der Waals surface area contributed by atoms with Gasteiger partial charge in [-0.05, 0) is 67.3 Å². The molecule has 2 aliphatic rings. The van der Waals surface area contributed by atoms with E-state index >= 15 is 0 Å². The Hall–Kier alpha value is -3.39. The summed E-state index contributed by atoms with van der Waals surface area (Å²) < 4.78 is 0. The Kier molecular flexibility index (Phi) is 7.70. The van der Waals surface area contributed by atoms with E-state index in [1.807, 2.05) is 24.5 Å². The molecule has 3 aromatic carbocycles. The molecule has 5 aromatic rings. The van der Waals surface area contributed by atoms with Crippen LogP contribution in [-0.2, 0) is 45.8 Å². The molecule has 0 N–H and O–H groups in total. The fraction of sp³-hybridized carbons (Fsp3) is 0.200. The van der Waals surface area contributed by atoms with E-state index in [1.54, 1.807) is 0 Å². The summed E-state index contributed by atoms with van der Waals surface area (Å²) in [6.07, 6.45) is 8.23. The van der Waals surface area contributed by atoms with E-state index in [1.165, 1.54) is 44.5 Å². The Morgan fingerprint density at radius 3 is 2.05 bits per heavy atom. The van der Waals surface area contributed by atoms with E-state index < -0.39 is 0 Å². The summed E-state index contributed by atoms with van der Waals surface area (Å²) >= 11 is 0. The second-order valence-corrected chi connectivity index (χ2v) is 10.2. The van der Waals surface area contributed by atoms with Crippen molar-refractivity contribution >= 4 is 0 Å². The summed E-state index contributed by atoms with van der Waals surface area (Å²) in [6, 6.07) is 30.5. The SMILES string of the molecule is Cc1[c-]c(-c2cc(C)ccn2)cc(C)c1.[Ir].[c-]1c(-c2ccccn2)cc2c3c1CCc1cccc(c1-3)CC2. The van der Waals surface area contributed by atoms with Crippen LogP contribution in [0.1, 0.15) is 38.9 Å². The second-order valence-electron chi connectivity index (χ2n) is 10.2. The van der Waals surface area contributed by atoms with Crippen molar-refractivity contribution in [3.8, 4) is 33.6 Å². The summed E-state index contributed by atoms with van der Waals surface area (Å²) in [5.74, 6) is 0. The van der Waals surface area contributed by atoms with E-state index in [9.17, 15) is 0 Å². The van der Waals surface area contributed by atoms with E-state index in [-0.39, 0.29) is 20.1 Å². The number of rotatable bonds is 2. The first kappa shape index (κ1) is 26.2. The summed E-state index contributed by atoms with van der Waals surface area (Å²) in [7, 11) is 0. The van der Waals surface area contributed by atoms with Crippen molar-refractivity contribution in [2.24, 2.45) is 0 Å². The van der Waals surface area contributed by atoms with Gasteiger partial charge in [-0.1, -0.05) is 66.9 Å². The van der Waals surface area contributed by atoms with Crippen LogP contribution in [0.3, 0.4) is 0 Å². The Morgan fingerprint density at radius 1 is 0.579 bits per heavy atom. The molecule has 7 rings (SSSR count). The number of benzene rings is 3. The molecular weight excluding hydrogens is 641 g/mol. The third-order valence-corrected chi connectivity index (χ3v) is 7.30. The summed E-state index contributed by atoms with van der Waals surface area (Å²) in [5.41, 5.74) is 16.8. The maximum Gasteiger partial charge on any atom is 0.0163 e. The molecule has 0 atom stereocenters. The van der Waals surface area contributed by atoms with Gasteiger partial charge in [-0.25, -0.2) is 0 Å². The van der Waals surface area contributed by atoms with Crippen molar-refractivity contribution in [2.75, 3.05) is 0 Å². The van der Waals surface area contributed by atoms with Crippen LogP contribution in [0, 0.1) is 32.9 Å². The minimum absolute atomic E-state index is 0. The fourth-order valence-corrected chi connectivity index (χ4v) is 5.69. The van der Waals surface area contributed by atoms with Gasteiger partial charge in [0.2, 0.25) is 0 Å². The largest absolute Gasteiger partial charge is 0.305 e. The van der Waals surface area contributed by atoms with Crippen LogP contribution >= 0.6 is 0 Å². The maximum absolute atomic E-state index is 4.50. The van der Waals surface area contributed by atoms with Gasteiger partial charge in [-0.2, -0.15) is 0 Å². The molecular formula is C35H30IrN2-2. The van der Waals surface area contributed by atoms with Crippen molar-refractivity contribution in [1.82, 2.24) is 9.97 Å². The van der Waals surface area contributed by atoms with E-state index in [0.717, 1.165) is 53.8 Å². The van der Waals surface area contributed by atoms with Gasteiger partial charge < -0.3 is 9.97 Å². The minimum Gasteiger partial charge on any atom is -0.305 e. The quantitative estimate of drug-likeness (QED) is 0.179. The smallest absolute Gasteiger partial charge is 0.0163 e. The molecule has 2 aliphatic carbocycles. The van der Waals surface area contributed by atoms with Crippen LogP contribution in [0.4, 0.5) is 0 Å². The van der Waals surface area contributed by atoms with Crippen LogP contribution in [-0.4, -0.2) is 9.97 Å². The molecule has 0 unspecified atom stereocenters. The zero-order valence-electron chi connectivity index (χ0n) is 22.1. The molecule has 0 fully saturated rings. The average molecular weight is 671 g/mol. The minimum atomic E-state index is 0. The molecule has 0 bridgehead atoms. The van der Waals surface area contributed by atoms with Gasteiger partial charge in [0.1, 0.15) is 0 Å². The summed E-state index contributed by atoms with van der Waals surface area (Å²) in [6.45, 7) is 6.24.